The molecule has 0 aromatic carbocycles. The van der Waals surface area contributed by atoms with Crippen molar-refractivity contribution in [1.29, 1.82) is 0 Å². The summed E-state index contributed by atoms with van der Waals surface area (Å²) >= 11 is 3.97. The minimum Gasteiger partial charge on any atom is -0.433 e. The Morgan fingerprint density at radius 1 is 1.25 bits per heavy atom. The van der Waals surface area contributed by atoms with Crippen molar-refractivity contribution in [2.24, 2.45) is 0 Å². The first-order valence-electron chi connectivity index (χ1n) is 5.29. The van der Waals surface area contributed by atoms with E-state index in [0.717, 1.165) is 19.3 Å². The molecule has 0 bridgehead atoms. The van der Waals surface area contributed by atoms with E-state index in [9.17, 15) is 9.00 Å². The molecule has 0 heterocycles. The number of rotatable bonds is 8. The van der Waals surface area contributed by atoms with Gasteiger partial charge in [-0.15, -0.1) is 0 Å². The number of hydrogen-bond acceptors (Lipinski definition) is 5. The molecule has 0 radical (unpaired) electrons. The first kappa shape index (κ1) is 15.6. The Bertz CT molecular complexity index is 286. The Hall–Kier alpha value is -0.400. The van der Waals surface area contributed by atoms with E-state index in [4.69, 9.17) is 4.55 Å². The molecule has 0 fully saturated rings. The van der Waals surface area contributed by atoms with Gasteiger partial charge >= 0.3 is 15.2 Å². The molecule has 0 aromatic heterocycles. The molecule has 0 aliphatic rings. The number of unbranched alkanes of at least 4 members (excludes halogenated alkanes) is 5. The first-order valence-corrected chi connectivity index (χ1v) is 7.66. The maximum absolute atomic E-state index is 10.7. The van der Waals surface area contributed by atoms with E-state index in [1.807, 2.05) is 0 Å². The third-order valence-electron chi connectivity index (χ3n) is 1.89. The van der Waals surface area contributed by atoms with Crippen LogP contribution in [0.3, 0.4) is 0 Å². The number of hydrogen-bond donors (Lipinski definition) is 1. The Kier molecular flexibility index (Phi) is 8.50. The molecule has 0 aliphatic heterocycles. The highest BCUT2D eigenvalue weighted by Crippen LogP contribution is 2.05. The van der Waals surface area contributed by atoms with Crippen LogP contribution in [0.4, 0.5) is 4.79 Å². The van der Waals surface area contributed by atoms with Gasteiger partial charge in [-0.2, -0.15) is 4.21 Å². The summed E-state index contributed by atoms with van der Waals surface area (Å²) in [5.41, 5.74) is 0. The Balaban J connectivity index is 3.35. The van der Waals surface area contributed by atoms with Crippen LogP contribution in [0.25, 0.3) is 0 Å². The van der Waals surface area contributed by atoms with Gasteiger partial charge in [0, 0.05) is 0 Å². The van der Waals surface area contributed by atoms with Crippen LogP contribution in [0.1, 0.15) is 45.4 Å². The number of carbonyl (C=O) groups excluding carboxylic acids is 1. The summed E-state index contributed by atoms with van der Waals surface area (Å²) in [6, 6.07) is 0. The zero-order valence-electron chi connectivity index (χ0n) is 9.35. The molecule has 0 rings (SSSR count). The Morgan fingerprint density at radius 2 is 1.81 bits per heavy atom. The summed E-state index contributed by atoms with van der Waals surface area (Å²) in [6.45, 7) is 2.33. The molecule has 0 aliphatic carbocycles. The fourth-order valence-electron chi connectivity index (χ4n) is 1.15. The van der Waals surface area contributed by atoms with Gasteiger partial charge < -0.3 is 8.92 Å². The molecular formula is C9H18O5S2. The molecule has 1 N–H and O–H groups in total. The molecule has 0 saturated carbocycles. The minimum absolute atomic E-state index is 0.190. The average molecular weight is 270 g/mol. The summed E-state index contributed by atoms with van der Waals surface area (Å²) < 4.78 is 27.4. The van der Waals surface area contributed by atoms with E-state index >= 15 is 0 Å². The molecular weight excluding hydrogens is 252 g/mol. The third kappa shape index (κ3) is 11.7. The molecule has 7 heteroatoms. The van der Waals surface area contributed by atoms with Crippen LogP contribution < -0.4 is 0 Å². The van der Waals surface area contributed by atoms with Crippen LogP contribution in [0, 0.1) is 0 Å². The van der Waals surface area contributed by atoms with Gasteiger partial charge in [0.15, 0.2) is 0 Å². The van der Waals surface area contributed by atoms with Gasteiger partial charge in [-0.05, 0) is 6.42 Å². The van der Waals surface area contributed by atoms with E-state index in [2.05, 4.69) is 27.0 Å². The molecule has 16 heavy (non-hydrogen) atoms. The van der Waals surface area contributed by atoms with Crippen LogP contribution in [-0.4, -0.2) is 21.5 Å². The predicted octanol–water partition coefficient (Wildman–Crippen LogP) is 2.63. The topological polar surface area (TPSA) is 72.8 Å². The molecule has 0 aromatic rings. The quantitative estimate of drug-likeness (QED) is 0.540. The van der Waals surface area contributed by atoms with Gasteiger partial charge in [0.05, 0.1) is 17.8 Å². The second-order valence-corrected chi connectivity index (χ2v) is 5.66. The van der Waals surface area contributed by atoms with Crippen molar-refractivity contribution in [3.8, 4) is 0 Å². The average Bonchev–Trinajstić information content (AvgIpc) is 2.13. The van der Waals surface area contributed by atoms with Gasteiger partial charge in [0.1, 0.15) is 0 Å². The summed E-state index contributed by atoms with van der Waals surface area (Å²) in [4.78, 5) is 10.7. The molecule has 5 nitrogen and oxygen atoms in total. The molecule has 0 amide bonds. The summed E-state index contributed by atoms with van der Waals surface area (Å²) in [7, 11) is -3.92. The van der Waals surface area contributed by atoms with E-state index in [-0.39, 0.29) is 6.61 Å². The Morgan fingerprint density at radius 3 is 2.38 bits per heavy atom. The maximum Gasteiger partial charge on any atom is 0.524 e. The fourth-order valence-corrected chi connectivity index (χ4v) is 1.53. The molecule has 1 atom stereocenters. The van der Waals surface area contributed by atoms with Gasteiger partial charge in [-0.1, -0.05) is 39.0 Å². The summed E-state index contributed by atoms with van der Waals surface area (Å²) in [5, 5.41) is 0. The fraction of sp³-hybridized carbons (Fsp3) is 0.889. The van der Waals surface area contributed by atoms with Crippen LogP contribution in [0.2, 0.25) is 0 Å². The van der Waals surface area contributed by atoms with E-state index in [1.165, 1.54) is 19.3 Å². The lowest BCUT2D eigenvalue weighted by Crippen LogP contribution is -2.13. The first-order chi connectivity index (χ1) is 7.45. The number of ether oxygens (including phenoxy) is 1. The van der Waals surface area contributed by atoms with Gasteiger partial charge in [-0.3, -0.25) is 4.55 Å². The summed E-state index contributed by atoms with van der Waals surface area (Å²) in [5.74, 6) is 0. The smallest absolute Gasteiger partial charge is 0.433 e. The lowest BCUT2D eigenvalue weighted by Gasteiger charge is -2.04. The van der Waals surface area contributed by atoms with Crippen molar-refractivity contribution in [2.75, 3.05) is 6.61 Å². The number of carbonyl (C=O) groups is 1. The van der Waals surface area contributed by atoms with E-state index in [0.29, 0.717) is 0 Å². The highest BCUT2D eigenvalue weighted by molar-refractivity contribution is 8.27. The SMILES string of the molecule is CCCCCCCCOC(=O)OS(=O)(O)=S. The van der Waals surface area contributed by atoms with Crippen molar-refractivity contribution in [1.82, 2.24) is 0 Å². The normalized spacial score (nSPS) is 14.1. The van der Waals surface area contributed by atoms with Crippen molar-refractivity contribution in [3.05, 3.63) is 0 Å². The maximum atomic E-state index is 10.7. The van der Waals surface area contributed by atoms with Crippen molar-refractivity contribution in [3.63, 3.8) is 0 Å². The summed E-state index contributed by atoms with van der Waals surface area (Å²) in [6.07, 6.45) is 5.19. The lowest BCUT2D eigenvalue weighted by atomic mass is 10.1. The van der Waals surface area contributed by atoms with E-state index < -0.39 is 15.2 Å². The van der Waals surface area contributed by atoms with E-state index in [1.54, 1.807) is 0 Å². The molecule has 0 spiro atoms. The second-order valence-electron chi connectivity index (χ2n) is 3.38. The zero-order chi connectivity index (χ0) is 12.4. The molecule has 1 unspecified atom stereocenters. The molecule has 0 saturated heterocycles. The lowest BCUT2D eigenvalue weighted by molar-refractivity contribution is 0.0986. The monoisotopic (exact) mass is 270 g/mol. The standard InChI is InChI=1S/C9H18O5S2/c1-2-3-4-5-6-7-8-13-9(10)14-16(11,12)15/h2-8H2,1H3,(H,11,12,15). The van der Waals surface area contributed by atoms with Crippen molar-refractivity contribution >= 4 is 26.4 Å². The Labute approximate surface area is 101 Å². The molecule has 96 valence electrons. The van der Waals surface area contributed by atoms with Gasteiger partial charge in [0.2, 0.25) is 0 Å². The zero-order valence-corrected chi connectivity index (χ0v) is 11.0. The minimum atomic E-state index is -3.92. The highest BCUT2D eigenvalue weighted by atomic mass is 32.9. The third-order valence-corrected chi connectivity index (χ3v) is 2.44. The van der Waals surface area contributed by atoms with Crippen LogP contribution in [-0.2, 0) is 29.2 Å². The van der Waals surface area contributed by atoms with Crippen LogP contribution >= 0.6 is 0 Å². The van der Waals surface area contributed by atoms with Crippen LogP contribution in [0.15, 0.2) is 0 Å². The van der Waals surface area contributed by atoms with Crippen molar-refractivity contribution in [2.45, 2.75) is 45.4 Å². The van der Waals surface area contributed by atoms with Crippen LogP contribution in [0.5, 0.6) is 0 Å². The predicted molar refractivity (Wildman–Crippen MR) is 63.9 cm³/mol. The van der Waals surface area contributed by atoms with Gasteiger partial charge in [0.25, 0.3) is 0 Å². The highest BCUT2D eigenvalue weighted by Gasteiger charge is 2.10. The van der Waals surface area contributed by atoms with Crippen molar-refractivity contribution < 1.29 is 22.5 Å². The second kappa shape index (κ2) is 8.72. The van der Waals surface area contributed by atoms with Gasteiger partial charge in [-0.25, -0.2) is 4.79 Å². The largest absolute Gasteiger partial charge is 0.524 e.